The Morgan fingerprint density at radius 2 is 2.31 bits per heavy atom. The number of hydrogen-bond donors (Lipinski definition) is 3. The number of piperidine rings is 1. The predicted octanol–water partition coefficient (Wildman–Crippen LogP) is 1.51. The first-order chi connectivity index (χ1) is 13.8. The standard InChI is InChI=1S/C15H18BrFN6O5S/c16-11-6-10(3-4-12(11)17)19-14(20-24)13-15(22-28-21-13)27-8-9-2-1-5-23(7-9)29(18,25)26/h3-4,6,9,24H,1-2,5,7-8H2,(H,19,20)(H2,18,25,26). The highest BCUT2D eigenvalue weighted by molar-refractivity contribution is 9.10. The molecule has 1 aliphatic rings. The van der Waals surface area contributed by atoms with Crippen molar-refractivity contribution in [3.8, 4) is 5.88 Å². The summed E-state index contributed by atoms with van der Waals surface area (Å²) in [4.78, 5) is 0. The largest absolute Gasteiger partial charge is 0.473 e. The monoisotopic (exact) mass is 492 g/mol. The van der Waals surface area contributed by atoms with Gasteiger partial charge in [-0.05, 0) is 57.3 Å². The number of nitrogens with two attached hydrogens (primary N) is 1. The molecule has 1 saturated heterocycles. The van der Waals surface area contributed by atoms with Crippen LogP contribution in [-0.4, -0.2) is 53.8 Å². The third-order valence-electron chi connectivity index (χ3n) is 4.26. The molecule has 1 aliphatic heterocycles. The number of amidine groups is 1. The zero-order valence-corrected chi connectivity index (χ0v) is 17.4. The minimum absolute atomic E-state index is 0.00735. The van der Waals surface area contributed by atoms with Crippen LogP contribution in [0.25, 0.3) is 0 Å². The fourth-order valence-corrected chi connectivity index (χ4v) is 4.03. The average Bonchev–Trinajstić information content (AvgIpc) is 3.15. The van der Waals surface area contributed by atoms with Gasteiger partial charge in [0.2, 0.25) is 11.5 Å². The van der Waals surface area contributed by atoms with Gasteiger partial charge in [0.1, 0.15) is 5.82 Å². The normalized spacial score (nSPS) is 18.6. The van der Waals surface area contributed by atoms with Crippen LogP contribution in [0.15, 0.2) is 32.5 Å². The molecule has 4 N–H and O–H groups in total. The Morgan fingerprint density at radius 1 is 1.52 bits per heavy atom. The molecule has 0 saturated carbocycles. The number of anilines is 1. The summed E-state index contributed by atoms with van der Waals surface area (Å²) < 4.78 is 48.1. The van der Waals surface area contributed by atoms with Crippen molar-refractivity contribution in [1.82, 2.24) is 14.6 Å². The first kappa shape index (κ1) is 21.4. The summed E-state index contributed by atoms with van der Waals surface area (Å²) in [7, 11) is -3.76. The molecule has 2 aromatic rings. The molecule has 0 amide bonds. The molecule has 3 rings (SSSR count). The van der Waals surface area contributed by atoms with Crippen LogP contribution in [0.5, 0.6) is 5.88 Å². The maximum absolute atomic E-state index is 13.4. The number of halogens is 2. The molecular formula is C15H18BrFN6O5S. The van der Waals surface area contributed by atoms with Crippen LogP contribution in [0.3, 0.4) is 0 Å². The lowest BCUT2D eigenvalue weighted by Crippen LogP contribution is -2.44. The zero-order valence-electron chi connectivity index (χ0n) is 15.0. The highest BCUT2D eigenvalue weighted by atomic mass is 79.9. The van der Waals surface area contributed by atoms with E-state index in [4.69, 9.17) is 9.88 Å². The molecule has 0 bridgehead atoms. The van der Waals surface area contributed by atoms with Crippen LogP contribution >= 0.6 is 15.9 Å². The van der Waals surface area contributed by atoms with E-state index >= 15 is 0 Å². The van der Waals surface area contributed by atoms with Gasteiger partial charge in [0.05, 0.1) is 11.1 Å². The number of benzene rings is 1. The summed E-state index contributed by atoms with van der Waals surface area (Å²) in [6.45, 7) is 0.723. The van der Waals surface area contributed by atoms with E-state index in [9.17, 15) is 18.0 Å². The van der Waals surface area contributed by atoms with Crippen molar-refractivity contribution >= 4 is 37.7 Å². The molecule has 158 valence electrons. The summed E-state index contributed by atoms with van der Waals surface area (Å²) in [6, 6.07) is 4.10. The highest BCUT2D eigenvalue weighted by Gasteiger charge is 2.28. The van der Waals surface area contributed by atoms with Gasteiger partial charge in [0.25, 0.3) is 16.1 Å². The highest BCUT2D eigenvalue weighted by Crippen LogP contribution is 2.23. The molecule has 2 heterocycles. The SMILES string of the molecule is NS(=O)(=O)N1CCCC(COc2nonc2/C(=N/O)Nc2ccc(F)c(Br)c2)C1. The maximum Gasteiger partial charge on any atom is 0.287 e. The van der Waals surface area contributed by atoms with E-state index in [-0.39, 0.29) is 41.0 Å². The fourth-order valence-electron chi connectivity index (χ4n) is 2.85. The quantitative estimate of drug-likeness (QED) is 0.237. The van der Waals surface area contributed by atoms with E-state index in [1.807, 2.05) is 0 Å². The molecule has 29 heavy (non-hydrogen) atoms. The van der Waals surface area contributed by atoms with E-state index in [1.54, 1.807) is 0 Å². The van der Waals surface area contributed by atoms with E-state index in [0.717, 1.165) is 6.42 Å². The molecule has 0 spiro atoms. The minimum atomic E-state index is -3.76. The van der Waals surface area contributed by atoms with Crippen molar-refractivity contribution in [2.75, 3.05) is 25.0 Å². The third-order valence-corrected chi connectivity index (χ3v) is 5.92. The molecule has 1 aromatic heterocycles. The maximum atomic E-state index is 13.4. The Morgan fingerprint density at radius 3 is 3.00 bits per heavy atom. The first-order valence-electron chi connectivity index (χ1n) is 8.45. The van der Waals surface area contributed by atoms with Crippen LogP contribution < -0.4 is 15.2 Å². The minimum Gasteiger partial charge on any atom is -0.473 e. The average molecular weight is 493 g/mol. The lowest BCUT2D eigenvalue weighted by molar-refractivity contribution is 0.169. The molecular weight excluding hydrogens is 475 g/mol. The smallest absolute Gasteiger partial charge is 0.287 e. The molecule has 1 unspecified atom stereocenters. The topological polar surface area (TPSA) is 156 Å². The molecule has 11 nitrogen and oxygen atoms in total. The molecule has 1 atom stereocenters. The van der Waals surface area contributed by atoms with Crippen LogP contribution in [0.1, 0.15) is 18.5 Å². The number of oxime groups is 1. The van der Waals surface area contributed by atoms with Gasteiger partial charge in [-0.2, -0.15) is 12.7 Å². The van der Waals surface area contributed by atoms with E-state index in [0.29, 0.717) is 18.7 Å². The van der Waals surface area contributed by atoms with Gasteiger partial charge >= 0.3 is 0 Å². The Hall–Kier alpha value is -2.29. The Kier molecular flexibility index (Phi) is 6.66. The van der Waals surface area contributed by atoms with Gasteiger partial charge in [-0.15, -0.1) is 0 Å². The van der Waals surface area contributed by atoms with Crippen LogP contribution in [0.4, 0.5) is 10.1 Å². The van der Waals surface area contributed by atoms with Crippen molar-refractivity contribution in [2.24, 2.45) is 16.2 Å². The lowest BCUT2D eigenvalue weighted by Gasteiger charge is -2.30. The van der Waals surface area contributed by atoms with Crippen molar-refractivity contribution < 1.29 is 27.4 Å². The molecule has 0 aliphatic carbocycles. The fraction of sp³-hybridized carbons (Fsp3) is 0.400. The number of hydrogen-bond acceptors (Lipinski definition) is 8. The van der Waals surface area contributed by atoms with Crippen LogP contribution in [-0.2, 0) is 10.2 Å². The Balaban J connectivity index is 1.67. The predicted molar refractivity (Wildman–Crippen MR) is 103 cm³/mol. The van der Waals surface area contributed by atoms with Crippen LogP contribution in [0.2, 0.25) is 0 Å². The first-order valence-corrected chi connectivity index (χ1v) is 10.7. The van der Waals surface area contributed by atoms with Crippen LogP contribution in [0, 0.1) is 11.7 Å². The second-order valence-electron chi connectivity index (χ2n) is 6.34. The Bertz CT molecular complexity index is 1000. The second-order valence-corrected chi connectivity index (χ2v) is 8.74. The van der Waals surface area contributed by atoms with Crippen molar-refractivity contribution in [3.63, 3.8) is 0 Å². The summed E-state index contributed by atoms with van der Waals surface area (Å²) in [5.41, 5.74) is 0.406. The number of nitrogens with one attached hydrogen (secondary N) is 1. The van der Waals surface area contributed by atoms with Crippen molar-refractivity contribution in [1.29, 1.82) is 0 Å². The van der Waals surface area contributed by atoms with Crippen molar-refractivity contribution in [2.45, 2.75) is 12.8 Å². The van der Waals surface area contributed by atoms with E-state index < -0.39 is 16.0 Å². The molecule has 0 radical (unpaired) electrons. The third kappa shape index (κ3) is 5.41. The molecule has 1 aromatic carbocycles. The van der Waals surface area contributed by atoms with Gasteiger partial charge in [-0.1, -0.05) is 5.16 Å². The van der Waals surface area contributed by atoms with Crippen molar-refractivity contribution in [3.05, 3.63) is 34.2 Å². The molecule has 14 heteroatoms. The van der Waals surface area contributed by atoms with Gasteiger partial charge in [0, 0.05) is 24.7 Å². The second kappa shape index (κ2) is 9.02. The number of rotatable bonds is 6. The van der Waals surface area contributed by atoms with Gasteiger partial charge < -0.3 is 15.3 Å². The summed E-state index contributed by atoms with van der Waals surface area (Å²) >= 11 is 3.06. The number of ether oxygens (including phenoxy) is 1. The lowest BCUT2D eigenvalue weighted by atomic mass is 10.0. The van der Waals surface area contributed by atoms with Gasteiger partial charge in [-0.25, -0.2) is 14.2 Å². The number of nitrogens with zero attached hydrogens (tertiary/aromatic N) is 4. The van der Waals surface area contributed by atoms with Gasteiger partial charge in [0.15, 0.2) is 0 Å². The summed E-state index contributed by atoms with van der Waals surface area (Å²) in [6.07, 6.45) is 1.40. The molecule has 1 fully saturated rings. The van der Waals surface area contributed by atoms with Gasteiger partial charge in [-0.3, -0.25) is 0 Å². The number of aromatic nitrogens is 2. The van der Waals surface area contributed by atoms with E-state index in [1.165, 1.54) is 22.5 Å². The summed E-state index contributed by atoms with van der Waals surface area (Å²) in [5.74, 6) is -0.734. The Labute approximate surface area is 174 Å². The summed E-state index contributed by atoms with van der Waals surface area (Å²) in [5, 5.41) is 27.7. The zero-order chi connectivity index (χ0) is 21.0. The van der Waals surface area contributed by atoms with E-state index in [2.05, 4.69) is 41.3 Å².